The molecule has 23 heavy (non-hydrogen) atoms. The fraction of sp³-hybridized carbons (Fsp3) is 0.312. The van der Waals surface area contributed by atoms with Crippen LogP contribution in [0.3, 0.4) is 0 Å². The first-order valence-electron chi connectivity index (χ1n) is 7.34. The Hall–Kier alpha value is -1.63. The summed E-state index contributed by atoms with van der Waals surface area (Å²) in [7, 11) is 0. The van der Waals surface area contributed by atoms with Crippen molar-refractivity contribution in [2.24, 2.45) is 5.73 Å². The number of anilines is 1. The predicted molar refractivity (Wildman–Crippen MR) is 94.2 cm³/mol. The Morgan fingerprint density at radius 1 is 1.48 bits per heavy atom. The number of aryl methyl sites for hydroxylation is 1. The van der Waals surface area contributed by atoms with Crippen LogP contribution in [0.25, 0.3) is 5.52 Å². The van der Waals surface area contributed by atoms with E-state index in [9.17, 15) is 4.39 Å². The van der Waals surface area contributed by atoms with Gasteiger partial charge in [0.25, 0.3) is 0 Å². The molecule has 0 saturated heterocycles. The highest BCUT2D eigenvalue weighted by Gasteiger charge is 2.14. The lowest BCUT2D eigenvalue weighted by molar-refractivity contribution is 0.426. The number of alkyl halides is 1. The third kappa shape index (κ3) is 3.49. The molecule has 3 aromatic heterocycles. The van der Waals surface area contributed by atoms with Crippen LogP contribution < -0.4 is 11.1 Å². The average molecular weight is 353 g/mol. The van der Waals surface area contributed by atoms with Gasteiger partial charge in [0.1, 0.15) is 6.67 Å². The molecule has 3 heterocycles. The highest BCUT2D eigenvalue weighted by molar-refractivity contribution is 7.09. The minimum atomic E-state index is -0.538. The van der Waals surface area contributed by atoms with Crippen molar-refractivity contribution in [3.05, 3.63) is 50.9 Å². The molecule has 0 radical (unpaired) electrons. The molecule has 0 fully saturated rings. The molecule has 122 valence electrons. The van der Waals surface area contributed by atoms with E-state index in [1.807, 2.05) is 30.5 Å². The molecule has 0 amide bonds. The maximum atomic E-state index is 12.7. The smallest absolute Gasteiger partial charge is 0.152 e. The lowest BCUT2D eigenvalue weighted by Gasteiger charge is -2.08. The summed E-state index contributed by atoms with van der Waals surface area (Å²) in [6.07, 6.45) is 0.480. The summed E-state index contributed by atoms with van der Waals surface area (Å²) in [5, 5.41) is 10.2. The van der Waals surface area contributed by atoms with Gasteiger partial charge >= 0.3 is 0 Å². The molecule has 1 unspecified atom stereocenters. The molecule has 0 aliphatic rings. The van der Waals surface area contributed by atoms with Gasteiger partial charge in [-0.1, -0.05) is 17.7 Å². The molecule has 3 aromatic rings. The van der Waals surface area contributed by atoms with Crippen molar-refractivity contribution >= 4 is 34.1 Å². The second-order valence-electron chi connectivity index (χ2n) is 5.48. The van der Waals surface area contributed by atoms with Gasteiger partial charge in [0.2, 0.25) is 0 Å². The Morgan fingerprint density at radius 2 is 2.30 bits per heavy atom. The molecule has 1 atom stereocenters. The van der Waals surface area contributed by atoms with Crippen LogP contribution in [0.2, 0.25) is 5.15 Å². The Kier molecular flexibility index (Phi) is 4.84. The van der Waals surface area contributed by atoms with Crippen molar-refractivity contribution in [1.29, 1.82) is 0 Å². The van der Waals surface area contributed by atoms with Gasteiger partial charge in [-0.3, -0.25) is 0 Å². The zero-order valence-corrected chi connectivity index (χ0v) is 14.3. The third-order valence-electron chi connectivity index (χ3n) is 3.77. The summed E-state index contributed by atoms with van der Waals surface area (Å²) < 4.78 is 14.5. The van der Waals surface area contributed by atoms with E-state index in [1.165, 1.54) is 4.88 Å². The number of halogens is 2. The zero-order valence-electron chi connectivity index (χ0n) is 12.7. The minimum absolute atomic E-state index is 0.409. The van der Waals surface area contributed by atoms with Crippen LogP contribution in [0.5, 0.6) is 0 Å². The van der Waals surface area contributed by atoms with Gasteiger partial charge in [-0.25, -0.2) is 8.91 Å². The van der Waals surface area contributed by atoms with E-state index in [0.717, 1.165) is 29.0 Å². The van der Waals surface area contributed by atoms with Gasteiger partial charge in [0.15, 0.2) is 5.15 Å². The summed E-state index contributed by atoms with van der Waals surface area (Å²) in [6, 6.07) is 7.42. The van der Waals surface area contributed by atoms with Crippen LogP contribution in [0.15, 0.2) is 29.6 Å². The van der Waals surface area contributed by atoms with Crippen molar-refractivity contribution in [2.45, 2.75) is 25.9 Å². The van der Waals surface area contributed by atoms with Crippen LogP contribution >= 0.6 is 22.9 Å². The van der Waals surface area contributed by atoms with Gasteiger partial charge in [0, 0.05) is 29.2 Å². The van der Waals surface area contributed by atoms with Gasteiger partial charge in [-0.2, -0.15) is 5.10 Å². The Morgan fingerprint density at radius 3 is 3.00 bits per heavy atom. The first kappa shape index (κ1) is 16.2. The van der Waals surface area contributed by atoms with E-state index in [1.54, 1.807) is 15.9 Å². The highest BCUT2D eigenvalue weighted by Crippen LogP contribution is 2.26. The number of rotatable bonds is 6. The van der Waals surface area contributed by atoms with Crippen LogP contribution in [-0.4, -0.2) is 22.3 Å². The van der Waals surface area contributed by atoms with Crippen LogP contribution in [0.1, 0.15) is 16.1 Å². The minimum Gasteiger partial charge on any atom is -0.378 e. The summed E-state index contributed by atoms with van der Waals surface area (Å²) in [5.41, 5.74) is 9.49. The molecular formula is C16H18ClFN4S. The van der Waals surface area contributed by atoms with Crippen molar-refractivity contribution in [3.8, 4) is 0 Å². The van der Waals surface area contributed by atoms with Crippen molar-refractivity contribution < 1.29 is 4.39 Å². The fourth-order valence-electron chi connectivity index (χ4n) is 2.57. The standard InChI is InChI=1S/C16H18ClFN4S/c1-10-11(5-12(19)8-18)6-15-14(7-16(17)21-22(10)15)20-9-13-3-2-4-23-13/h2-4,6-7,12,20H,5,8-9,19H2,1H3. The highest BCUT2D eigenvalue weighted by atomic mass is 35.5. The molecule has 0 aliphatic heterocycles. The number of hydrogen-bond donors (Lipinski definition) is 2. The number of hydrogen-bond acceptors (Lipinski definition) is 4. The van der Waals surface area contributed by atoms with Crippen molar-refractivity contribution in [3.63, 3.8) is 0 Å². The largest absolute Gasteiger partial charge is 0.378 e. The van der Waals surface area contributed by atoms with Gasteiger partial charge in [-0.15, -0.1) is 11.3 Å². The summed E-state index contributed by atoms with van der Waals surface area (Å²) in [6.45, 7) is 2.13. The number of thiophene rings is 1. The lowest BCUT2D eigenvalue weighted by atomic mass is 10.1. The van der Waals surface area contributed by atoms with Crippen LogP contribution in [-0.2, 0) is 13.0 Å². The molecule has 3 rings (SSSR count). The maximum Gasteiger partial charge on any atom is 0.152 e. The SMILES string of the molecule is Cc1c(CC(N)CF)cc2c(NCc3cccs3)cc(Cl)nn12. The lowest BCUT2D eigenvalue weighted by Crippen LogP contribution is -2.25. The number of nitrogens with one attached hydrogen (secondary N) is 1. The first-order chi connectivity index (χ1) is 11.1. The van der Waals surface area contributed by atoms with Crippen molar-refractivity contribution in [2.75, 3.05) is 12.0 Å². The number of fused-ring (bicyclic) bond motifs is 1. The van der Waals surface area contributed by atoms with Gasteiger partial charge in [0.05, 0.1) is 11.2 Å². The van der Waals surface area contributed by atoms with Crippen LogP contribution in [0.4, 0.5) is 10.1 Å². The topological polar surface area (TPSA) is 55.3 Å². The van der Waals surface area contributed by atoms with E-state index in [2.05, 4.69) is 16.5 Å². The molecule has 0 bridgehead atoms. The quantitative estimate of drug-likeness (QED) is 0.709. The third-order valence-corrected chi connectivity index (χ3v) is 4.83. The van der Waals surface area contributed by atoms with E-state index in [-0.39, 0.29) is 0 Å². The molecule has 0 aliphatic carbocycles. The average Bonchev–Trinajstić information content (AvgIpc) is 3.15. The first-order valence-corrected chi connectivity index (χ1v) is 8.60. The Balaban J connectivity index is 1.95. The van der Waals surface area contributed by atoms with Crippen molar-refractivity contribution in [1.82, 2.24) is 9.61 Å². The maximum absolute atomic E-state index is 12.7. The van der Waals surface area contributed by atoms with E-state index in [0.29, 0.717) is 11.6 Å². The van der Waals surface area contributed by atoms with E-state index < -0.39 is 12.7 Å². The molecule has 4 nitrogen and oxygen atoms in total. The summed E-state index contributed by atoms with van der Waals surface area (Å²) in [5.74, 6) is 0. The Bertz CT molecular complexity index is 800. The monoisotopic (exact) mass is 352 g/mol. The van der Waals surface area contributed by atoms with Gasteiger partial charge < -0.3 is 11.1 Å². The van der Waals surface area contributed by atoms with Gasteiger partial charge in [-0.05, 0) is 36.4 Å². The summed E-state index contributed by atoms with van der Waals surface area (Å²) in [4.78, 5) is 1.24. The molecule has 0 aromatic carbocycles. The number of nitrogens with zero attached hydrogens (tertiary/aromatic N) is 2. The molecule has 3 N–H and O–H groups in total. The van der Waals surface area contributed by atoms with E-state index in [4.69, 9.17) is 17.3 Å². The normalized spacial score (nSPS) is 12.7. The second kappa shape index (κ2) is 6.86. The second-order valence-corrected chi connectivity index (χ2v) is 6.90. The van der Waals surface area contributed by atoms with Crippen LogP contribution in [0, 0.1) is 6.92 Å². The summed E-state index contributed by atoms with van der Waals surface area (Å²) >= 11 is 7.84. The Labute approximate surface area is 143 Å². The predicted octanol–water partition coefficient (Wildman–Crippen LogP) is 3.81. The number of aromatic nitrogens is 2. The zero-order chi connectivity index (χ0) is 16.4. The van der Waals surface area contributed by atoms with E-state index >= 15 is 0 Å². The molecular weight excluding hydrogens is 335 g/mol. The fourth-order valence-corrected chi connectivity index (χ4v) is 3.40. The molecule has 0 spiro atoms. The molecule has 7 heteroatoms. The molecule has 0 saturated carbocycles. The number of nitrogens with two attached hydrogens (primary N) is 1.